The number of fused-ring (bicyclic) bond motifs is 5. The van der Waals surface area contributed by atoms with E-state index in [-0.39, 0.29) is 6.54 Å². The van der Waals surface area contributed by atoms with Crippen molar-refractivity contribution < 1.29 is 18.3 Å². The van der Waals surface area contributed by atoms with Gasteiger partial charge in [-0.2, -0.15) is 0 Å². The van der Waals surface area contributed by atoms with Crippen LogP contribution in [0.2, 0.25) is 0 Å². The SMILES string of the molecule is COC(OC)c1cccc2c1c(C1CCN(CC(F)F)CC1)cc1c3c(ccc12)CCCC3. The smallest absolute Gasteiger partial charge is 0.251 e. The molecule has 176 valence electrons. The number of rotatable bonds is 6. The molecule has 0 bridgehead atoms. The van der Waals surface area contributed by atoms with Gasteiger partial charge in [0.2, 0.25) is 0 Å². The number of methoxy groups -OCH3 is 2. The van der Waals surface area contributed by atoms with Crippen LogP contribution >= 0.6 is 0 Å². The Balaban J connectivity index is 1.69. The van der Waals surface area contributed by atoms with Crippen LogP contribution in [-0.2, 0) is 22.3 Å². The molecule has 3 aromatic rings. The van der Waals surface area contributed by atoms with Crippen LogP contribution in [0.5, 0.6) is 0 Å². The second-order valence-electron chi connectivity index (χ2n) is 9.51. The van der Waals surface area contributed by atoms with Crippen LogP contribution in [0.1, 0.15) is 60.1 Å². The van der Waals surface area contributed by atoms with Gasteiger partial charge in [0.05, 0.1) is 6.54 Å². The van der Waals surface area contributed by atoms with Gasteiger partial charge < -0.3 is 9.47 Å². The van der Waals surface area contributed by atoms with Gasteiger partial charge in [0.1, 0.15) is 0 Å². The lowest BCUT2D eigenvalue weighted by molar-refractivity contribution is -0.105. The Bertz CT molecular complexity index is 1130. The third-order valence-corrected chi connectivity index (χ3v) is 7.66. The van der Waals surface area contributed by atoms with E-state index in [1.807, 2.05) is 4.90 Å². The van der Waals surface area contributed by atoms with Crippen molar-refractivity contribution in [1.82, 2.24) is 4.90 Å². The average Bonchev–Trinajstić information content (AvgIpc) is 2.84. The number of aryl methyl sites for hydroxylation is 2. The number of piperidine rings is 1. The first-order valence-electron chi connectivity index (χ1n) is 12.2. The maximum Gasteiger partial charge on any atom is 0.251 e. The Morgan fingerprint density at radius 2 is 1.70 bits per heavy atom. The first-order chi connectivity index (χ1) is 16.1. The van der Waals surface area contributed by atoms with Crippen LogP contribution in [-0.4, -0.2) is 45.2 Å². The van der Waals surface area contributed by atoms with Crippen molar-refractivity contribution in [3.8, 4) is 0 Å². The fourth-order valence-electron chi connectivity index (χ4n) is 6.09. The minimum absolute atomic E-state index is 0.126. The standard InChI is InChI=1S/C28H33F2NO2/c1-32-28(33-2)23-9-5-8-22-21-11-10-18-6-3-4-7-20(18)25(21)16-24(27(22)23)19-12-14-31(15-13-19)17-26(29)30/h5,8-11,16,19,26,28H,3-4,6-7,12-15,17H2,1-2H3. The molecule has 0 spiro atoms. The van der Waals surface area contributed by atoms with Crippen molar-refractivity contribution in [2.24, 2.45) is 0 Å². The van der Waals surface area contributed by atoms with Gasteiger partial charge in [-0.3, -0.25) is 4.90 Å². The number of hydrogen-bond acceptors (Lipinski definition) is 3. The Morgan fingerprint density at radius 3 is 2.42 bits per heavy atom. The molecule has 0 N–H and O–H groups in total. The summed E-state index contributed by atoms with van der Waals surface area (Å²) in [6.45, 7) is 1.29. The molecule has 33 heavy (non-hydrogen) atoms. The van der Waals surface area contributed by atoms with Crippen molar-refractivity contribution in [3.63, 3.8) is 0 Å². The number of halogens is 2. The predicted molar refractivity (Wildman–Crippen MR) is 129 cm³/mol. The molecule has 5 heteroatoms. The molecule has 5 rings (SSSR count). The second kappa shape index (κ2) is 9.65. The molecule has 0 atom stereocenters. The van der Waals surface area contributed by atoms with Crippen molar-refractivity contribution >= 4 is 21.5 Å². The first kappa shape index (κ1) is 22.7. The monoisotopic (exact) mass is 453 g/mol. The summed E-state index contributed by atoms with van der Waals surface area (Å²) in [5, 5.41) is 5.11. The van der Waals surface area contributed by atoms with Gasteiger partial charge in [-0.1, -0.05) is 30.3 Å². The molecule has 2 aliphatic rings. The number of ether oxygens (including phenoxy) is 2. The van der Waals surface area contributed by atoms with E-state index in [1.54, 1.807) is 14.2 Å². The van der Waals surface area contributed by atoms with Gasteiger partial charge in [-0.15, -0.1) is 0 Å². The summed E-state index contributed by atoms with van der Waals surface area (Å²) >= 11 is 0. The Labute approximate surface area is 194 Å². The highest BCUT2D eigenvalue weighted by Gasteiger charge is 2.27. The molecule has 3 nitrogen and oxygen atoms in total. The Morgan fingerprint density at radius 1 is 0.939 bits per heavy atom. The number of benzene rings is 3. The molecule has 0 amide bonds. The zero-order valence-corrected chi connectivity index (χ0v) is 19.6. The topological polar surface area (TPSA) is 21.7 Å². The Hall–Kier alpha value is -2.08. The fourth-order valence-corrected chi connectivity index (χ4v) is 6.09. The van der Waals surface area contributed by atoms with Crippen LogP contribution < -0.4 is 0 Å². The molecular weight excluding hydrogens is 420 g/mol. The molecule has 1 saturated heterocycles. The summed E-state index contributed by atoms with van der Waals surface area (Å²) in [6.07, 6.45) is 3.84. The average molecular weight is 454 g/mol. The fraction of sp³-hybridized carbons (Fsp3) is 0.500. The molecule has 0 saturated carbocycles. The lowest BCUT2D eigenvalue weighted by atomic mass is 9.80. The lowest BCUT2D eigenvalue weighted by Crippen LogP contribution is -2.36. The number of nitrogens with zero attached hydrogens (tertiary/aromatic N) is 1. The number of alkyl halides is 2. The van der Waals surface area contributed by atoms with Gasteiger partial charge in [-0.25, -0.2) is 8.78 Å². The van der Waals surface area contributed by atoms with Crippen molar-refractivity contribution in [1.29, 1.82) is 0 Å². The molecule has 0 unspecified atom stereocenters. The molecule has 1 fully saturated rings. The van der Waals surface area contributed by atoms with Gasteiger partial charge in [0, 0.05) is 19.8 Å². The summed E-state index contributed by atoms with van der Waals surface area (Å²) in [7, 11) is 3.35. The summed E-state index contributed by atoms with van der Waals surface area (Å²) in [6, 6.07) is 13.4. The highest BCUT2D eigenvalue weighted by molar-refractivity contribution is 6.11. The van der Waals surface area contributed by atoms with E-state index in [1.165, 1.54) is 51.1 Å². The third-order valence-electron chi connectivity index (χ3n) is 7.66. The maximum absolute atomic E-state index is 12.9. The van der Waals surface area contributed by atoms with Crippen molar-refractivity contribution in [2.45, 2.75) is 57.2 Å². The molecule has 1 aliphatic carbocycles. The summed E-state index contributed by atoms with van der Waals surface area (Å²) in [5.41, 5.74) is 5.34. The van der Waals surface area contributed by atoms with Crippen LogP contribution in [0.15, 0.2) is 36.4 Å². The first-order valence-corrected chi connectivity index (χ1v) is 12.2. The van der Waals surface area contributed by atoms with Crippen LogP contribution in [0.4, 0.5) is 8.78 Å². The van der Waals surface area contributed by atoms with Gasteiger partial charge >= 0.3 is 0 Å². The molecule has 1 heterocycles. The minimum Gasteiger partial charge on any atom is -0.352 e. The van der Waals surface area contributed by atoms with E-state index < -0.39 is 12.7 Å². The minimum atomic E-state index is -2.27. The van der Waals surface area contributed by atoms with E-state index in [2.05, 4.69) is 36.4 Å². The third kappa shape index (κ3) is 4.27. The predicted octanol–water partition coefficient (Wildman–Crippen LogP) is 6.61. The van der Waals surface area contributed by atoms with Crippen LogP contribution in [0.3, 0.4) is 0 Å². The largest absolute Gasteiger partial charge is 0.352 e. The van der Waals surface area contributed by atoms with Gasteiger partial charge in [-0.05, 0) is 102 Å². The van der Waals surface area contributed by atoms with Crippen molar-refractivity contribution in [3.05, 3.63) is 58.7 Å². The quantitative estimate of drug-likeness (QED) is 0.310. The van der Waals surface area contributed by atoms with E-state index in [4.69, 9.17) is 9.47 Å². The van der Waals surface area contributed by atoms with E-state index in [0.717, 1.165) is 31.2 Å². The summed E-state index contributed by atoms with van der Waals surface area (Å²) < 4.78 is 37.2. The Kier molecular flexibility index (Phi) is 6.64. The highest BCUT2D eigenvalue weighted by Crippen LogP contribution is 2.43. The van der Waals surface area contributed by atoms with Crippen LogP contribution in [0.25, 0.3) is 21.5 Å². The number of likely N-dealkylation sites (tertiary alicyclic amines) is 1. The van der Waals surface area contributed by atoms with Gasteiger partial charge in [0.25, 0.3) is 6.43 Å². The maximum atomic E-state index is 12.9. The van der Waals surface area contributed by atoms with Gasteiger partial charge in [0.15, 0.2) is 6.29 Å². The highest BCUT2D eigenvalue weighted by atomic mass is 19.3. The molecule has 0 radical (unpaired) electrons. The summed E-state index contributed by atoms with van der Waals surface area (Å²) in [5.74, 6) is 0.334. The molecule has 1 aliphatic heterocycles. The normalized spacial score (nSPS) is 18.0. The summed E-state index contributed by atoms with van der Waals surface area (Å²) in [4.78, 5) is 1.90. The second-order valence-corrected chi connectivity index (χ2v) is 9.51. The number of hydrogen-bond donors (Lipinski definition) is 0. The molecule has 0 aromatic heterocycles. The van der Waals surface area contributed by atoms with Crippen molar-refractivity contribution in [2.75, 3.05) is 33.9 Å². The van der Waals surface area contributed by atoms with E-state index >= 15 is 0 Å². The van der Waals surface area contributed by atoms with E-state index in [9.17, 15) is 8.78 Å². The zero-order valence-electron chi connectivity index (χ0n) is 19.6. The molecule has 3 aromatic carbocycles. The molecular formula is C28H33F2NO2. The zero-order chi connectivity index (χ0) is 22.9. The van der Waals surface area contributed by atoms with E-state index in [0.29, 0.717) is 19.0 Å². The van der Waals surface area contributed by atoms with Crippen LogP contribution in [0, 0.1) is 0 Å². The lowest BCUT2D eigenvalue weighted by Gasteiger charge is -2.33.